The number of nitrogens with one attached hydrogen (secondary N) is 1. The summed E-state index contributed by atoms with van der Waals surface area (Å²) in [6.07, 6.45) is 6.33. The summed E-state index contributed by atoms with van der Waals surface area (Å²) >= 11 is 0. The maximum atomic E-state index is 5.45. The van der Waals surface area contributed by atoms with Gasteiger partial charge < -0.3 is 9.55 Å². The van der Waals surface area contributed by atoms with Crippen molar-refractivity contribution in [1.82, 2.24) is 19.5 Å². The molecule has 7 aromatic rings. The molecular weight excluding hydrogens is 640 g/mol. The second kappa shape index (κ2) is 12.9. The predicted molar refractivity (Wildman–Crippen MR) is 198 cm³/mol. The minimum atomic E-state index is 0. The van der Waals surface area contributed by atoms with Crippen LogP contribution in [0.25, 0.3) is 73.8 Å². The maximum Gasteiger partial charge on any atom is 0.0722 e. The zero-order valence-electron chi connectivity index (χ0n) is 26.4. The molecule has 1 N–H and O–H groups in total. The molecule has 0 saturated carbocycles. The molecule has 0 fully saturated rings. The molecule has 5 heteroatoms. The van der Waals surface area contributed by atoms with Crippen molar-refractivity contribution in [3.8, 4) is 27.9 Å². The van der Waals surface area contributed by atoms with E-state index in [4.69, 9.17) is 9.97 Å². The SMILES string of the molecule is [Fe].[c-]1c(-c2ccccc2)c2c(-c3ccccc3)c3nc(cc4ccc(cc5nc(cc1n2-c1ccccc1)C=C5)[nH]4)C=C3c1ccccc1. The number of H-pyrrole nitrogens is 1. The van der Waals surface area contributed by atoms with Gasteiger partial charge in [0.05, 0.1) is 17.1 Å². The minimum Gasteiger partial charge on any atom is -0.367 e. The summed E-state index contributed by atoms with van der Waals surface area (Å²) in [7, 11) is 0. The van der Waals surface area contributed by atoms with Gasteiger partial charge in [-0.05, 0) is 82.4 Å². The van der Waals surface area contributed by atoms with Gasteiger partial charge in [0, 0.05) is 45.1 Å². The topological polar surface area (TPSA) is 46.5 Å². The summed E-state index contributed by atoms with van der Waals surface area (Å²) < 4.78 is 2.32. The van der Waals surface area contributed by atoms with Crippen LogP contribution in [0.15, 0.2) is 152 Å². The van der Waals surface area contributed by atoms with Crippen LogP contribution in [0.4, 0.5) is 0 Å². The molecule has 2 aliphatic rings. The third-order valence-corrected chi connectivity index (χ3v) is 8.75. The van der Waals surface area contributed by atoms with Crippen molar-refractivity contribution in [2.24, 2.45) is 0 Å². The molecule has 0 spiro atoms. The third kappa shape index (κ3) is 5.76. The van der Waals surface area contributed by atoms with Gasteiger partial charge in [0.25, 0.3) is 0 Å². The van der Waals surface area contributed by atoms with Crippen molar-refractivity contribution in [3.63, 3.8) is 0 Å². The molecule has 4 nitrogen and oxygen atoms in total. The molecule has 0 atom stereocenters. The second-order valence-corrected chi connectivity index (χ2v) is 11.9. The number of hydrogen-bond donors (Lipinski definition) is 1. The Hall–Kier alpha value is -6.00. The number of hydrogen-bond acceptors (Lipinski definition) is 2. The van der Waals surface area contributed by atoms with Crippen molar-refractivity contribution in [1.29, 1.82) is 0 Å². The van der Waals surface area contributed by atoms with Gasteiger partial charge in [-0.2, -0.15) is 0 Å². The molecule has 4 aromatic carbocycles. The Kier molecular flexibility index (Phi) is 7.98. The minimum absolute atomic E-state index is 0. The predicted octanol–water partition coefficient (Wildman–Crippen LogP) is 10.7. The average molecular weight is 670 g/mol. The number of aromatic amines is 1. The van der Waals surface area contributed by atoms with E-state index in [1.54, 1.807) is 0 Å². The van der Waals surface area contributed by atoms with E-state index in [2.05, 4.69) is 186 Å². The molecule has 8 bridgehead atoms. The summed E-state index contributed by atoms with van der Waals surface area (Å²) in [6, 6.07) is 56.6. The monoisotopic (exact) mass is 669 g/mol. The van der Waals surface area contributed by atoms with E-state index in [1.807, 2.05) is 0 Å². The van der Waals surface area contributed by atoms with Crippen molar-refractivity contribution in [2.45, 2.75) is 0 Å². The number of para-hydroxylation sites is 1. The number of nitrogens with zero attached hydrogens (tertiary/aromatic N) is 3. The average Bonchev–Trinajstić information content (AvgIpc) is 3.94. The fraction of sp³-hybridized carbons (Fsp3) is 0. The number of rotatable bonds is 4. The van der Waals surface area contributed by atoms with Gasteiger partial charge in [0.1, 0.15) is 0 Å². The van der Waals surface area contributed by atoms with E-state index < -0.39 is 0 Å². The van der Waals surface area contributed by atoms with Crippen molar-refractivity contribution < 1.29 is 17.1 Å². The van der Waals surface area contributed by atoms with Crippen LogP contribution in [0.3, 0.4) is 0 Å². The van der Waals surface area contributed by atoms with Crippen molar-refractivity contribution >= 4 is 45.9 Å². The number of fused-ring (bicyclic) bond motifs is 8. The molecule has 0 aliphatic carbocycles. The molecule has 2 aliphatic heterocycles. The van der Waals surface area contributed by atoms with Gasteiger partial charge in [-0.1, -0.05) is 121 Å². The van der Waals surface area contributed by atoms with Gasteiger partial charge in [-0.15, -0.1) is 11.6 Å². The Bertz CT molecular complexity index is 2530. The first-order chi connectivity index (χ1) is 23.8. The number of aromatic nitrogens is 4. The van der Waals surface area contributed by atoms with Crippen LogP contribution in [0.5, 0.6) is 0 Å². The fourth-order valence-electron chi connectivity index (χ4n) is 6.61. The molecule has 0 unspecified atom stereocenters. The molecule has 0 radical (unpaired) electrons. The maximum absolute atomic E-state index is 5.45. The molecule has 49 heavy (non-hydrogen) atoms. The molecule has 3 aromatic heterocycles. The molecular formula is C44H29FeN4-. The molecule has 0 saturated heterocycles. The standard InChI is InChI=1S/C44H29N4.Fe/c1-5-13-30(14-6-1)40-28-37-26-35-22-21-33(45-35)25-34-23-24-36(46-34)27-39-29-41(31-15-7-2-8-16-31)44(48(39)38-19-11-4-12-20-38)42(43(40)47-37)32-17-9-3-10-18-32;/h1-28,45H;/q-1;. The summed E-state index contributed by atoms with van der Waals surface area (Å²) in [5.74, 6) is 0. The van der Waals surface area contributed by atoms with Crippen molar-refractivity contribution in [2.75, 3.05) is 0 Å². The largest absolute Gasteiger partial charge is 0.367 e. The van der Waals surface area contributed by atoms with Crippen molar-refractivity contribution in [3.05, 3.63) is 186 Å². The first-order valence-corrected chi connectivity index (χ1v) is 16.1. The molecule has 0 amide bonds. The number of benzene rings is 4. The van der Waals surface area contributed by atoms with E-state index in [9.17, 15) is 0 Å². The van der Waals surface area contributed by atoms with Crippen LogP contribution in [0, 0.1) is 6.07 Å². The van der Waals surface area contributed by atoms with Crippen LogP contribution in [0.1, 0.15) is 28.3 Å². The van der Waals surface area contributed by atoms with Gasteiger partial charge in [-0.3, -0.25) is 4.98 Å². The van der Waals surface area contributed by atoms with Crippen LogP contribution in [-0.4, -0.2) is 19.5 Å². The van der Waals surface area contributed by atoms with Gasteiger partial charge >= 0.3 is 0 Å². The van der Waals surface area contributed by atoms with E-state index in [1.165, 1.54) is 0 Å². The molecule has 234 valence electrons. The molecule has 9 rings (SSSR count). The van der Waals surface area contributed by atoms with Gasteiger partial charge in [0.15, 0.2) is 0 Å². The Labute approximate surface area is 295 Å². The van der Waals surface area contributed by atoms with E-state index in [0.29, 0.717) is 0 Å². The van der Waals surface area contributed by atoms with Crippen LogP contribution in [0.2, 0.25) is 0 Å². The Morgan fingerprint density at radius 1 is 0.531 bits per heavy atom. The van der Waals surface area contributed by atoms with Gasteiger partial charge in [-0.25, -0.2) is 4.98 Å². The fourth-order valence-corrected chi connectivity index (χ4v) is 6.61. The first-order valence-electron chi connectivity index (χ1n) is 16.1. The zero-order valence-corrected chi connectivity index (χ0v) is 27.5. The normalized spacial score (nSPS) is 12.0. The smallest absolute Gasteiger partial charge is 0.0722 e. The summed E-state index contributed by atoms with van der Waals surface area (Å²) in [5, 5.41) is 0. The van der Waals surface area contributed by atoms with Crippen LogP contribution >= 0.6 is 0 Å². The Morgan fingerprint density at radius 2 is 1.08 bits per heavy atom. The van der Waals surface area contributed by atoms with E-state index in [0.717, 1.165) is 83.9 Å². The Balaban J connectivity index is 0.00000348. The third-order valence-electron chi connectivity index (χ3n) is 8.75. The van der Waals surface area contributed by atoms with Gasteiger partial charge in [0.2, 0.25) is 0 Å². The molecule has 5 heterocycles. The summed E-state index contributed by atoms with van der Waals surface area (Å²) in [6.45, 7) is 0. The quantitative estimate of drug-likeness (QED) is 0.150. The van der Waals surface area contributed by atoms with Crippen LogP contribution in [-0.2, 0) is 17.1 Å². The Morgan fingerprint density at radius 3 is 1.73 bits per heavy atom. The van der Waals surface area contributed by atoms with E-state index >= 15 is 0 Å². The second-order valence-electron chi connectivity index (χ2n) is 11.9. The first kappa shape index (κ1) is 30.3. The van der Waals surface area contributed by atoms with E-state index in [-0.39, 0.29) is 17.1 Å². The summed E-state index contributed by atoms with van der Waals surface area (Å²) in [4.78, 5) is 14.0. The van der Waals surface area contributed by atoms with Crippen LogP contribution < -0.4 is 0 Å². The zero-order chi connectivity index (χ0) is 31.9. The summed E-state index contributed by atoms with van der Waals surface area (Å²) in [5.41, 5.74) is 14.8.